The zero-order chi connectivity index (χ0) is 16.4. The summed E-state index contributed by atoms with van der Waals surface area (Å²) in [7, 11) is 0. The Balaban J connectivity index is 1.95. The molecule has 0 aliphatic carbocycles. The second-order valence-electron chi connectivity index (χ2n) is 5.90. The molecule has 3 heterocycles. The van der Waals surface area contributed by atoms with E-state index < -0.39 is 0 Å². The first-order chi connectivity index (χ1) is 11.9. The number of nitrogens with zero attached hydrogens (tertiary/aromatic N) is 3. The number of thiophene rings is 1. The summed E-state index contributed by atoms with van der Waals surface area (Å²) in [6.45, 7) is 2.02. The molecule has 0 bridgehead atoms. The van der Waals surface area contributed by atoms with Gasteiger partial charge in [-0.25, -0.2) is 4.98 Å². The number of benzene rings is 1. The zero-order valence-corrected chi connectivity index (χ0v) is 14.1. The van der Waals surface area contributed by atoms with E-state index in [1.54, 1.807) is 11.3 Å². The van der Waals surface area contributed by atoms with E-state index in [0.717, 1.165) is 40.6 Å². The fourth-order valence-electron chi connectivity index (χ4n) is 3.20. The van der Waals surface area contributed by atoms with Crippen molar-refractivity contribution in [2.75, 3.05) is 18.0 Å². The van der Waals surface area contributed by atoms with Crippen molar-refractivity contribution in [1.82, 2.24) is 4.98 Å². The average Bonchev–Trinajstić information content (AvgIpc) is 3.35. The summed E-state index contributed by atoms with van der Waals surface area (Å²) in [5, 5.41) is 11.9. The first-order valence-electron chi connectivity index (χ1n) is 8.16. The summed E-state index contributed by atoms with van der Waals surface area (Å²) in [5.74, 6) is 0. The number of aromatic nitrogens is 1. The van der Waals surface area contributed by atoms with E-state index >= 15 is 0 Å². The molecule has 0 radical (unpaired) electrons. The molecule has 24 heavy (non-hydrogen) atoms. The Morgan fingerprint density at radius 2 is 1.83 bits per heavy atom. The lowest BCUT2D eigenvalue weighted by Gasteiger charge is -2.21. The molecule has 3 aromatic rings. The van der Waals surface area contributed by atoms with Crippen LogP contribution in [0.2, 0.25) is 0 Å². The van der Waals surface area contributed by atoms with Crippen LogP contribution in [0.25, 0.3) is 21.8 Å². The smallest absolute Gasteiger partial charge is 0.104 e. The summed E-state index contributed by atoms with van der Waals surface area (Å²) >= 11 is 1.68. The van der Waals surface area contributed by atoms with E-state index in [9.17, 15) is 5.26 Å². The molecule has 0 atom stereocenters. The maximum absolute atomic E-state index is 9.83. The molecular formula is C20H17N3S. The first kappa shape index (κ1) is 14.9. The Hall–Kier alpha value is -2.64. The van der Waals surface area contributed by atoms with Crippen molar-refractivity contribution in [3.63, 3.8) is 0 Å². The van der Waals surface area contributed by atoms with Gasteiger partial charge in [0.15, 0.2) is 0 Å². The van der Waals surface area contributed by atoms with Crippen molar-refractivity contribution in [1.29, 1.82) is 5.26 Å². The molecule has 0 N–H and O–H groups in total. The summed E-state index contributed by atoms with van der Waals surface area (Å²) in [6, 6.07) is 18.6. The van der Waals surface area contributed by atoms with Crippen LogP contribution >= 0.6 is 11.3 Å². The van der Waals surface area contributed by atoms with Crippen LogP contribution in [0.1, 0.15) is 18.4 Å². The number of anilines is 1. The molecule has 2 aromatic heterocycles. The fraction of sp³-hybridized carbons (Fsp3) is 0.200. The molecule has 3 nitrogen and oxygen atoms in total. The number of pyridine rings is 1. The summed E-state index contributed by atoms with van der Waals surface area (Å²) in [6.07, 6.45) is 2.37. The third kappa shape index (κ3) is 2.68. The van der Waals surface area contributed by atoms with Crippen molar-refractivity contribution in [3.05, 3.63) is 59.5 Å². The molecule has 0 unspecified atom stereocenters. The van der Waals surface area contributed by atoms with Gasteiger partial charge < -0.3 is 4.90 Å². The van der Waals surface area contributed by atoms with Gasteiger partial charge in [0.2, 0.25) is 0 Å². The second kappa shape index (κ2) is 6.46. The largest absolute Gasteiger partial charge is 0.370 e. The lowest BCUT2D eigenvalue weighted by Crippen LogP contribution is -2.19. The van der Waals surface area contributed by atoms with Gasteiger partial charge >= 0.3 is 0 Å². The molecule has 118 valence electrons. The Morgan fingerprint density at radius 1 is 1.04 bits per heavy atom. The van der Waals surface area contributed by atoms with Gasteiger partial charge in [0.05, 0.1) is 22.0 Å². The average molecular weight is 331 g/mol. The molecule has 0 amide bonds. The molecule has 4 rings (SSSR count). The standard InChI is InChI=1S/C20H17N3S/c21-14-16-18(23-10-4-5-11-23)13-17(19-9-6-12-24-19)22-20(16)15-7-2-1-3-8-15/h1-3,6-9,12-13H,4-5,10-11H2. The Morgan fingerprint density at radius 3 is 2.50 bits per heavy atom. The highest BCUT2D eigenvalue weighted by Gasteiger charge is 2.21. The van der Waals surface area contributed by atoms with Gasteiger partial charge in [0, 0.05) is 18.7 Å². The number of hydrogen-bond donors (Lipinski definition) is 0. The third-order valence-corrected chi connectivity index (χ3v) is 5.27. The van der Waals surface area contributed by atoms with Crippen molar-refractivity contribution >= 4 is 17.0 Å². The Labute approximate surface area is 145 Å². The van der Waals surface area contributed by atoms with Crippen LogP contribution in [0.4, 0.5) is 5.69 Å². The molecule has 1 aromatic carbocycles. The molecule has 1 aliphatic rings. The van der Waals surface area contributed by atoms with Gasteiger partial charge in [0.25, 0.3) is 0 Å². The first-order valence-corrected chi connectivity index (χ1v) is 9.04. The van der Waals surface area contributed by atoms with Crippen LogP contribution in [0, 0.1) is 11.3 Å². The third-order valence-electron chi connectivity index (χ3n) is 4.38. The predicted octanol–water partition coefficient (Wildman–Crippen LogP) is 4.95. The van der Waals surface area contributed by atoms with Crippen LogP contribution in [-0.4, -0.2) is 18.1 Å². The predicted molar refractivity (Wildman–Crippen MR) is 99.1 cm³/mol. The van der Waals surface area contributed by atoms with E-state index in [0.29, 0.717) is 5.56 Å². The summed E-state index contributed by atoms with van der Waals surface area (Å²) in [4.78, 5) is 8.31. The van der Waals surface area contributed by atoms with E-state index in [4.69, 9.17) is 4.98 Å². The topological polar surface area (TPSA) is 39.9 Å². The second-order valence-corrected chi connectivity index (χ2v) is 6.85. The van der Waals surface area contributed by atoms with Gasteiger partial charge in [-0.15, -0.1) is 11.3 Å². The van der Waals surface area contributed by atoms with Crippen molar-refractivity contribution < 1.29 is 0 Å². The van der Waals surface area contributed by atoms with Crippen LogP contribution in [0.3, 0.4) is 0 Å². The molecular weight excluding hydrogens is 314 g/mol. The molecule has 0 spiro atoms. The van der Waals surface area contributed by atoms with Gasteiger partial charge in [-0.05, 0) is 30.4 Å². The monoisotopic (exact) mass is 331 g/mol. The minimum absolute atomic E-state index is 0.684. The molecule has 1 fully saturated rings. The van der Waals surface area contributed by atoms with Crippen molar-refractivity contribution in [2.24, 2.45) is 0 Å². The highest BCUT2D eigenvalue weighted by Crippen LogP contribution is 2.36. The highest BCUT2D eigenvalue weighted by atomic mass is 32.1. The maximum atomic E-state index is 9.83. The molecule has 0 saturated carbocycles. The minimum atomic E-state index is 0.684. The van der Waals surface area contributed by atoms with Crippen LogP contribution < -0.4 is 4.90 Å². The van der Waals surface area contributed by atoms with Gasteiger partial charge in [0.1, 0.15) is 11.6 Å². The van der Waals surface area contributed by atoms with E-state index in [1.165, 1.54) is 12.8 Å². The van der Waals surface area contributed by atoms with Crippen LogP contribution in [-0.2, 0) is 0 Å². The quantitative estimate of drug-likeness (QED) is 0.682. The summed E-state index contributed by atoms with van der Waals surface area (Å²) in [5.41, 5.74) is 4.43. The van der Waals surface area contributed by atoms with E-state index in [2.05, 4.69) is 28.5 Å². The van der Waals surface area contributed by atoms with Gasteiger partial charge in [-0.2, -0.15) is 5.26 Å². The normalized spacial score (nSPS) is 13.9. The lowest BCUT2D eigenvalue weighted by molar-refractivity contribution is 0.949. The van der Waals surface area contributed by atoms with E-state index in [-0.39, 0.29) is 0 Å². The number of hydrogen-bond acceptors (Lipinski definition) is 4. The number of rotatable bonds is 3. The number of nitriles is 1. The summed E-state index contributed by atoms with van der Waals surface area (Å²) < 4.78 is 0. The molecule has 1 aliphatic heterocycles. The Bertz CT molecular complexity index is 873. The molecule has 1 saturated heterocycles. The van der Waals surface area contributed by atoms with Gasteiger partial charge in [-0.3, -0.25) is 0 Å². The van der Waals surface area contributed by atoms with Gasteiger partial charge in [-0.1, -0.05) is 36.4 Å². The van der Waals surface area contributed by atoms with Crippen LogP contribution in [0.15, 0.2) is 53.9 Å². The van der Waals surface area contributed by atoms with E-state index in [1.807, 2.05) is 36.4 Å². The fourth-order valence-corrected chi connectivity index (χ4v) is 3.89. The lowest BCUT2D eigenvalue weighted by atomic mass is 10.0. The Kier molecular flexibility index (Phi) is 4.02. The van der Waals surface area contributed by atoms with Crippen LogP contribution in [0.5, 0.6) is 0 Å². The molecule has 4 heteroatoms. The SMILES string of the molecule is N#Cc1c(N2CCCC2)cc(-c2cccs2)nc1-c1ccccc1. The van der Waals surface area contributed by atoms with Crippen molar-refractivity contribution in [2.45, 2.75) is 12.8 Å². The highest BCUT2D eigenvalue weighted by molar-refractivity contribution is 7.13. The minimum Gasteiger partial charge on any atom is -0.370 e. The van der Waals surface area contributed by atoms with Crippen molar-refractivity contribution in [3.8, 4) is 27.9 Å². The maximum Gasteiger partial charge on any atom is 0.104 e. The zero-order valence-electron chi connectivity index (χ0n) is 13.3.